The van der Waals surface area contributed by atoms with E-state index in [2.05, 4.69) is 17.2 Å². The lowest BCUT2D eigenvalue weighted by atomic mass is 10.2. The third-order valence-electron chi connectivity index (χ3n) is 2.57. The van der Waals surface area contributed by atoms with Gasteiger partial charge in [-0.3, -0.25) is 4.79 Å². The molecule has 0 saturated heterocycles. The van der Waals surface area contributed by atoms with Crippen LogP contribution >= 0.6 is 0 Å². The summed E-state index contributed by atoms with van der Waals surface area (Å²) in [5, 5.41) is 5.83. The molecule has 0 aromatic heterocycles. The molecule has 0 spiro atoms. The first kappa shape index (κ1) is 12.3. The molecule has 96 valence electrons. The molecule has 18 heavy (non-hydrogen) atoms. The number of nitrogens with one attached hydrogen (secondary N) is 2. The van der Waals surface area contributed by atoms with E-state index in [-0.39, 0.29) is 18.7 Å². The molecule has 1 aromatic carbocycles. The van der Waals surface area contributed by atoms with Gasteiger partial charge in [0.25, 0.3) is 0 Å². The van der Waals surface area contributed by atoms with Crippen LogP contribution < -0.4 is 20.1 Å². The van der Waals surface area contributed by atoms with Crippen molar-refractivity contribution in [1.82, 2.24) is 5.32 Å². The van der Waals surface area contributed by atoms with Gasteiger partial charge in [-0.1, -0.05) is 6.08 Å². The minimum absolute atomic E-state index is 0.0763. The third-order valence-corrected chi connectivity index (χ3v) is 2.57. The zero-order chi connectivity index (χ0) is 13.0. The molecule has 0 radical (unpaired) electrons. The number of anilines is 1. The molecule has 1 aromatic rings. The van der Waals surface area contributed by atoms with Crippen LogP contribution in [0.2, 0.25) is 0 Å². The van der Waals surface area contributed by atoms with Crippen molar-refractivity contribution < 1.29 is 14.3 Å². The monoisotopic (exact) mass is 248 g/mol. The van der Waals surface area contributed by atoms with Gasteiger partial charge >= 0.3 is 0 Å². The highest BCUT2D eigenvalue weighted by Crippen LogP contribution is 2.34. The maximum Gasteiger partial charge on any atom is 0.242 e. The Morgan fingerprint density at radius 1 is 1.50 bits per heavy atom. The fourth-order valence-electron chi connectivity index (χ4n) is 1.63. The van der Waals surface area contributed by atoms with Gasteiger partial charge in [-0.2, -0.15) is 0 Å². The number of amides is 1. The number of rotatable bonds is 5. The largest absolute Gasteiger partial charge is 0.454 e. The highest BCUT2D eigenvalue weighted by atomic mass is 16.7. The maximum absolute atomic E-state index is 11.7. The summed E-state index contributed by atoms with van der Waals surface area (Å²) in [5.41, 5.74) is 0.820. The van der Waals surface area contributed by atoms with Crippen molar-refractivity contribution >= 4 is 11.6 Å². The van der Waals surface area contributed by atoms with Crippen LogP contribution in [0.15, 0.2) is 30.9 Å². The predicted octanol–water partition coefficient (Wildman–Crippen LogP) is 1.52. The van der Waals surface area contributed by atoms with E-state index in [4.69, 9.17) is 9.47 Å². The first-order chi connectivity index (χ1) is 8.70. The average Bonchev–Trinajstić information content (AvgIpc) is 2.83. The van der Waals surface area contributed by atoms with E-state index in [1.54, 1.807) is 13.0 Å². The smallest absolute Gasteiger partial charge is 0.242 e. The molecule has 1 heterocycles. The van der Waals surface area contributed by atoms with E-state index in [1.165, 1.54) is 0 Å². The fraction of sp³-hybridized carbons (Fsp3) is 0.308. The van der Waals surface area contributed by atoms with E-state index in [0.29, 0.717) is 12.3 Å². The van der Waals surface area contributed by atoms with E-state index >= 15 is 0 Å². The second-order valence-electron chi connectivity index (χ2n) is 3.97. The number of carbonyl (C=O) groups excluding carboxylic acids is 1. The number of fused-ring (bicyclic) bond motifs is 1. The number of carbonyl (C=O) groups is 1. The normalized spacial score (nSPS) is 13.8. The van der Waals surface area contributed by atoms with Gasteiger partial charge in [0.05, 0.1) is 0 Å². The minimum Gasteiger partial charge on any atom is -0.454 e. The van der Waals surface area contributed by atoms with Gasteiger partial charge in [0.1, 0.15) is 6.04 Å². The summed E-state index contributed by atoms with van der Waals surface area (Å²) in [6, 6.07) is 5.16. The van der Waals surface area contributed by atoms with E-state index in [9.17, 15) is 4.79 Å². The van der Waals surface area contributed by atoms with Gasteiger partial charge in [0.2, 0.25) is 12.7 Å². The maximum atomic E-state index is 11.7. The Balaban J connectivity index is 1.96. The zero-order valence-electron chi connectivity index (χ0n) is 10.2. The summed E-state index contributed by atoms with van der Waals surface area (Å²) < 4.78 is 10.5. The number of ether oxygens (including phenoxy) is 2. The Labute approximate surface area is 106 Å². The summed E-state index contributed by atoms with van der Waals surface area (Å²) in [6.07, 6.45) is 1.64. The summed E-state index contributed by atoms with van der Waals surface area (Å²) in [6.45, 7) is 6.05. The molecule has 0 fully saturated rings. The average molecular weight is 248 g/mol. The quantitative estimate of drug-likeness (QED) is 0.776. The first-order valence-electron chi connectivity index (χ1n) is 5.75. The molecular weight excluding hydrogens is 232 g/mol. The van der Waals surface area contributed by atoms with Gasteiger partial charge < -0.3 is 20.1 Å². The van der Waals surface area contributed by atoms with Crippen LogP contribution in [0.1, 0.15) is 6.92 Å². The van der Waals surface area contributed by atoms with Crippen LogP contribution in [0.4, 0.5) is 5.69 Å². The summed E-state index contributed by atoms with van der Waals surface area (Å²) in [5.74, 6) is 1.34. The highest BCUT2D eigenvalue weighted by molar-refractivity contribution is 5.84. The number of hydrogen-bond donors (Lipinski definition) is 2. The predicted molar refractivity (Wildman–Crippen MR) is 68.9 cm³/mol. The van der Waals surface area contributed by atoms with Crippen LogP contribution in [-0.2, 0) is 4.79 Å². The number of benzene rings is 1. The Kier molecular flexibility index (Phi) is 3.72. The summed E-state index contributed by atoms with van der Waals surface area (Å²) in [4.78, 5) is 11.7. The van der Waals surface area contributed by atoms with Crippen LogP contribution in [0, 0.1) is 0 Å². The van der Waals surface area contributed by atoms with Gasteiger partial charge in [-0.05, 0) is 19.1 Å². The molecule has 1 amide bonds. The summed E-state index contributed by atoms with van der Waals surface area (Å²) >= 11 is 0. The van der Waals surface area contributed by atoms with Crippen molar-refractivity contribution in [2.24, 2.45) is 0 Å². The molecule has 0 bridgehead atoms. The van der Waals surface area contributed by atoms with Crippen LogP contribution in [0.25, 0.3) is 0 Å². The number of hydrogen-bond acceptors (Lipinski definition) is 4. The van der Waals surface area contributed by atoms with Gasteiger partial charge in [0, 0.05) is 18.3 Å². The Morgan fingerprint density at radius 3 is 3.06 bits per heavy atom. The molecule has 5 heteroatoms. The molecule has 2 rings (SSSR count). The molecule has 1 aliphatic heterocycles. The van der Waals surface area contributed by atoms with E-state index < -0.39 is 0 Å². The Hall–Kier alpha value is -2.17. The van der Waals surface area contributed by atoms with Crippen molar-refractivity contribution in [1.29, 1.82) is 0 Å². The topological polar surface area (TPSA) is 59.6 Å². The molecule has 1 atom stereocenters. The Morgan fingerprint density at radius 2 is 2.28 bits per heavy atom. The van der Waals surface area contributed by atoms with Gasteiger partial charge in [-0.25, -0.2) is 0 Å². The lowest BCUT2D eigenvalue weighted by Crippen LogP contribution is -2.37. The van der Waals surface area contributed by atoms with Gasteiger partial charge in [-0.15, -0.1) is 6.58 Å². The van der Waals surface area contributed by atoms with Crippen LogP contribution in [-0.4, -0.2) is 25.3 Å². The standard InChI is InChI=1S/C13H16N2O3/c1-3-6-14-13(16)9(2)15-10-4-5-11-12(7-10)18-8-17-11/h3-5,7,9,15H,1,6,8H2,2H3,(H,14,16). The van der Waals surface area contributed by atoms with Crippen molar-refractivity contribution in [3.63, 3.8) is 0 Å². The van der Waals surface area contributed by atoms with Crippen molar-refractivity contribution in [2.75, 3.05) is 18.7 Å². The van der Waals surface area contributed by atoms with Crippen molar-refractivity contribution in [3.05, 3.63) is 30.9 Å². The second-order valence-corrected chi connectivity index (χ2v) is 3.97. The lowest BCUT2D eigenvalue weighted by Gasteiger charge is -2.14. The Bertz CT molecular complexity index is 460. The third kappa shape index (κ3) is 2.74. The van der Waals surface area contributed by atoms with Crippen molar-refractivity contribution in [3.8, 4) is 11.5 Å². The zero-order valence-corrected chi connectivity index (χ0v) is 10.2. The molecule has 0 saturated carbocycles. The summed E-state index contributed by atoms with van der Waals surface area (Å²) in [7, 11) is 0. The minimum atomic E-state index is -0.328. The van der Waals surface area contributed by atoms with Crippen LogP contribution in [0.5, 0.6) is 11.5 Å². The molecule has 2 N–H and O–H groups in total. The second kappa shape index (κ2) is 5.44. The van der Waals surface area contributed by atoms with Crippen LogP contribution in [0.3, 0.4) is 0 Å². The fourth-order valence-corrected chi connectivity index (χ4v) is 1.63. The highest BCUT2D eigenvalue weighted by Gasteiger charge is 2.16. The van der Waals surface area contributed by atoms with E-state index in [0.717, 1.165) is 11.4 Å². The molecule has 0 aliphatic carbocycles. The molecule has 5 nitrogen and oxygen atoms in total. The molecule has 1 aliphatic rings. The van der Waals surface area contributed by atoms with Crippen molar-refractivity contribution in [2.45, 2.75) is 13.0 Å². The van der Waals surface area contributed by atoms with E-state index in [1.807, 2.05) is 18.2 Å². The van der Waals surface area contributed by atoms with Gasteiger partial charge in [0.15, 0.2) is 11.5 Å². The molecule has 1 unspecified atom stereocenters. The first-order valence-corrected chi connectivity index (χ1v) is 5.75. The SMILES string of the molecule is C=CCNC(=O)C(C)Nc1ccc2c(c1)OCO2. The lowest BCUT2D eigenvalue weighted by molar-refractivity contribution is -0.121. The molecular formula is C13H16N2O3.